The molecule has 1 amide bonds. The largest absolute Gasteiger partial charge is 0.493 e. The lowest BCUT2D eigenvalue weighted by molar-refractivity contribution is -0.153. The second kappa shape index (κ2) is 8.23. The van der Waals surface area contributed by atoms with Gasteiger partial charge in [-0.3, -0.25) is 4.79 Å². The molecule has 134 valence electrons. The van der Waals surface area contributed by atoms with Crippen molar-refractivity contribution in [2.45, 2.75) is 25.6 Å². The molecule has 1 aliphatic heterocycles. The number of rotatable bonds is 6. The summed E-state index contributed by atoms with van der Waals surface area (Å²) < 4.78 is 46.5. The molecule has 1 aromatic rings. The first kappa shape index (κ1) is 18.4. The quantitative estimate of drug-likeness (QED) is 0.830. The third kappa shape index (κ3) is 5.59. The molecule has 24 heavy (non-hydrogen) atoms. The first-order chi connectivity index (χ1) is 11.4. The predicted molar refractivity (Wildman–Crippen MR) is 82.0 cm³/mol. The van der Waals surface area contributed by atoms with Crippen LogP contribution in [0.3, 0.4) is 0 Å². The predicted octanol–water partition coefficient (Wildman–Crippen LogP) is 2.25. The van der Waals surface area contributed by atoms with Gasteiger partial charge in [-0.15, -0.1) is 0 Å². The average Bonchev–Trinajstić information content (AvgIpc) is 2.58. The third-order valence-corrected chi connectivity index (χ3v) is 3.75. The van der Waals surface area contributed by atoms with Crippen molar-refractivity contribution in [2.75, 3.05) is 26.8 Å². The minimum Gasteiger partial charge on any atom is -0.493 e. The highest BCUT2D eigenvalue weighted by Crippen LogP contribution is 2.29. The van der Waals surface area contributed by atoms with Crippen LogP contribution in [0.25, 0.3) is 0 Å². The molecule has 2 N–H and O–H groups in total. The number of benzene rings is 1. The van der Waals surface area contributed by atoms with Crippen molar-refractivity contribution in [3.63, 3.8) is 0 Å². The van der Waals surface area contributed by atoms with Gasteiger partial charge in [0.05, 0.1) is 13.0 Å². The van der Waals surface area contributed by atoms with Crippen molar-refractivity contribution in [2.24, 2.45) is 5.92 Å². The summed E-state index contributed by atoms with van der Waals surface area (Å²) in [5.41, 5.74) is 0.725. The second-order valence-corrected chi connectivity index (χ2v) is 5.65. The molecule has 1 aromatic carbocycles. The van der Waals surface area contributed by atoms with Gasteiger partial charge >= 0.3 is 6.18 Å². The topological polar surface area (TPSA) is 59.6 Å². The Morgan fingerprint density at radius 2 is 2.17 bits per heavy atom. The number of carbonyl (C=O) groups is 1. The molecule has 1 heterocycles. The van der Waals surface area contributed by atoms with Crippen molar-refractivity contribution < 1.29 is 27.4 Å². The van der Waals surface area contributed by atoms with E-state index in [1.54, 1.807) is 12.1 Å². The zero-order chi connectivity index (χ0) is 17.6. The highest BCUT2D eigenvalue weighted by Gasteiger charge is 2.29. The van der Waals surface area contributed by atoms with Crippen molar-refractivity contribution in [3.8, 4) is 11.5 Å². The summed E-state index contributed by atoms with van der Waals surface area (Å²) in [5, 5.41) is 6.02. The van der Waals surface area contributed by atoms with E-state index in [2.05, 4.69) is 10.6 Å². The Bertz CT molecular complexity index is 558. The summed E-state index contributed by atoms with van der Waals surface area (Å²) in [6, 6.07) is 4.58. The lowest BCUT2D eigenvalue weighted by Gasteiger charge is -2.22. The maximum absolute atomic E-state index is 12.2. The molecule has 0 aliphatic carbocycles. The normalized spacial score (nSPS) is 18.1. The minimum absolute atomic E-state index is 0.0152. The molecular weight excluding hydrogens is 325 g/mol. The van der Waals surface area contributed by atoms with Crippen LogP contribution in [0, 0.1) is 5.92 Å². The molecule has 2 rings (SSSR count). The summed E-state index contributed by atoms with van der Waals surface area (Å²) in [5.74, 6) is 0.139. The lowest BCUT2D eigenvalue weighted by Crippen LogP contribution is -2.40. The molecule has 5 nitrogen and oxygen atoms in total. The standard InChI is InChI=1S/C16H21F3N2O3/c1-23-14-7-11(4-5-13(14)24-10-16(17,18)19)8-21-15(22)12-3-2-6-20-9-12/h4-5,7,12,20H,2-3,6,8-10H2,1H3,(H,21,22)/t12-/m0/s1. The number of piperidine rings is 1. The number of ether oxygens (including phenoxy) is 2. The first-order valence-electron chi connectivity index (χ1n) is 7.74. The van der Waals surface area contributed by atoms with Crippen molar-refractivity contribution >= 4 is 5.91 Å². The summed E-state index contributed by atoms with van der Waals surface area (Å²) in [7, 11) is 1.35. The zero-order valence-corrected chi connectivity index (χ0v) is 13.4. The number of nitrogens with one attached hydrogen (secondary N) is 2. The number of amides is 1. The van der Waals surface area contributed by atoms with Crippen molar-refractivity contribution in [1.82, 2.24) is 10.6 Å². The van der Waals surface area contributed by atoms with E-state index in [4.69, 9.17) is 9.47 Å². The van der Waals surface area contributed by atoms with E-state index in [0.29, 0.717) is 6.54 Å². The molecule has 0 radical (unpaired) electrons. The van der Waals surface area contributed by atoms with Gasteiger partial charge in [0.2, 0.25) is 5.91 Å². The van der Waals surface area contributed by atoms with Crippen LogP contribution in [-0.2, 0) is 11.3 Å². The molecule has 8 heteroatoms. The molecule has 1 atom stereocenters. The van der Waals surface area contributed by atoms with Crippen LogP contribution in [0.4, 0.5) is 13.2 Å². The van der Waals surface area contributed by atoms with E-state index in [-0.39, 0.29) is 29.9 Å². The molecule has 0 bridgehead atoms. The average molecular weight is 346 g/mol. The Labute approximate surface area is 138 Å². The van der Waals surface area contributed by atoms with Crippen LogP contribution in [0.2, 0.25) is 0 Å². The maximum Gasteiger partial charge on any atom is 0.422 e. The highest BCUT2D eigenvalue weighted by molar-refractivity contribution is 5.79. The number of hydrogen-bond acceptors (Lipinski definition) is 4. The van der Waals surface area contributed by atoms with Gasteiger partial charge in [-0.05, 0) is 37.1 Å². The highest BCUT2D eigenvalue weighted by atomic mass is 19.4. The van der Waals surface area contributed by atoms with Gasteiger partial charge in [0.1, 0.15) is 0 Å². The van der Waals surface area contributed by atoms with Crippen LogP contribution in [-0.4, -0.2) is 38.9 Å². The van der Waals surface area contributed by atoms with Crippen molar-refractivity contribution in [3.05, 3.63) is 23.8 Å². The van der Waals surface area contributed by atoms with Gasteiger partial charge in [-0.25, -0.2) is 0 Å². The fourth-order valence-corrected chi connectivity index (χ4v) is 2.51. The van der Waals surface area contributed by atoms with Crippen LogP contribution >= 0.6 is 0 Å². The van der Waals surface area contributed by atoms with Crippen LogP contribution in [0.1, 0.15) is 18.4 Å². The second-order valence-electron chi connectivity index (χ2n) is 5.65. The van der Waals surface area contributed by atoms with E-state index in [1.165, 1.54) is 13.2 Å². The Morgan fingerprint density at radius 1 is 1.38 bits per heavy atom. The van der Waals surface area contributed by atoms with E-state index in [1.807, 2.05) is 0 Å². The molecule has 0 spiro atoms. The Kier molecular flexibility index (Phi) is 6.30. The van der Waals surface area contributed by atoms with Crippen LogP contribution in [0.15, 0.2) is 18.2 Å². The third-order valence-electron chi connectivity index (χ3n) is 3.75. The molecule has 1 saturated heterocycles. The van der Waals surface area contributed by atoms with Crippen LogP contribution < -0.4 is 20.1 Å². The molecule has 0 saturated carbocycles. The smallest absolute Gasteiger partial charge is 0.422 e. The molecule has 0 aromatic heterocycles. The Hall–Kier alpha value is -1.96. The van der Waals surface area contributed by atoms with Gasteiger partial charge < -0.3 is 20.1 Å². The first-order valence-corrected chi connectivity index (χ1v) is 7.74. The summed E-state index contributed by atoms with van der Waals surface area (Å²) >= 11 is 0. The van der Waals surface area contributed by atoms with Gasteiger partial charge in [-0.1, -0.05) is 6.07 Å². The maximum atomic E-state index is 12.2. The van der Waals surface area contributed by atoms with E-state index in [9.17, 15) is 18.0 Å². The van der Waals surface area contributed by atoms with Gasteiger partial charge in [0.25, 0.3) is 0 Å². The Morgan fingerprint density at radius 3 is 2.79 bits per heavy atom. The van der Waals surface area contributed by atoms with E-state index >= 15 is 0 Å². The molecule has 1 aliphatic rings. The number of halogens is 3. The molecule has 1 fully saturated rings. The molecular formula is C16H21F3N2O3. The number of alkyl halides is 3. The summed E-state index contributed by atoms with van der Waals surface area (Å²) in [6.45, 7) is 0.499. The molecule has 0 unspecified atom stereocenters. The number of hydrogen-bond donors (Lipinski definition) is 2. The fraction of sp³-hybridized carbons (Fsp3) is 0.562. The van der Waals surface area contributed by atoms with Gasteiger partial charge in [0.15, 0.2) is 18.1 Å². The van der Waals surface area contributed by atoms with E-state index in [0.717, 1.165) is 24.9 Å². The van der Waals surface area contributed by atoms with Crippen molar-refractivity contribution in [1.29, 1.82) is 0 Å². The fourth-order valence-electron chi connectivity index (χ4n) is 2.51. The number of methoxy groups -OCH3 is 1. The van der Waals surface area contributed by atoms with Gasteiger partial charge in [-0.2, -0.15) is 13.2 Å². The minimum atomic E-state index is -4.41. The van der Waals surface area contributed by atoms with Gasteiger partial charge in [0, 0.05) is 13.1 Å². The Balaban J connectivity index is 1.92. The monoisotopic (exact) mass is 346 g/mol. The van der Waals surface area contributed by atoms with E-state index < -0.39 is 12.8 Å². The zero-order valence-electron chi connectivity index (χ0n) is 13.4. The summed E-state index contributed by atoms with van der Waals surface area (Å²) in [4.78, 5) is 12.1. The summed E-state index contributed by atoms with van der Waals surface area (Å²) in [6.07, 6.45) is -2.59. The lowest BCUT2D eigenvalue weighted by atomic mass is 9.99. The number of carbonyl (C=O) groups excluding carboxylic acids is 1. The SMILES string of the molecule is COc1cc(CNC(=O)[C@H]2CCCNC2)ccc1OCC(F)(F)F. The van der Waals surface area contributed by atoms with Crippen LogP contribution in [0.5, 0.6) is 11.5 Å².